The first kappa shape index (κ1) is 19.3. The number of rotatable bonds is 9. The zero-order valence-corrected chi connectivity index (χ0v) is 15.0. The second-order valence-electron chi connectivity index (χ2n) is 5.97. The van der Waals surface area contributed by atoms with Gasteiger partial charge in [0.15, 0.2) is 0 Å². The number of ether oxygens (including phenoxy) is 1. The van der Waals surface area contributed by atoms with Gasteiger partial charge in [0.25, 0.3) is 0 Å². The van der Waals surface area contributed by atoms with E-state index in [-0.39, 0.29) is 11.8 Å². The van der Waals surface area contributed by atoms with Crippen molar-refractivity contribution in [1.82, 2.24) is 0 Å². The molecule has 6 heteroatoms. The number of nitrogens with two attached hydrogens (primary N) is 1. The van der Waals surface area contributed by atoms with Crippen molar-refractivity contribution >= 4 is 28.9 Å². The van der Waals surface area contributed by atoms with Gasteiger partial charge in [0.05, 0.1) is 18.5 Å². The minimum absolute atomic E-state index is 0.0309. The molecule has 0 aliphatic heterocycles. The summed E-state index contributed by atoms with van der Waals surface area (Å²) in [5.74, 6) is 0.654. The van der Waals surface area contributed by atoms with Gasteiger partial charge in [-0.25, -0.2) is 0 Å². The van der Waals surface area contributed by atoms with Crippen molar-refractivity contribution in [3.8, 4) is 5.75 Å². The molecule has 138 valence electrons. The van der Waals surface area contributed by atoms with E-state index >= 15 is 0 Å². The number of nitrogen functional groups attached to an aromatic ring is 1. The van der Waals surface area contributed by atoms with Gasteiger partial charge in [-0.3, -0.25) is 9.59 Å². The number of hydrogen-bond acceptors (Lipinski definition) is 4. The van der Waals surface area contributed by atoms with Crippen LogP contribution in [0, 0.1) is 0 Å². The Bertz CT molecular complexity index is 729. The van der Waals surface area contributed by atoms with Gasteiger partial charge in [-0.2, -0.15) is 0 Å². The Morgan fingerprint density at radius 2 is 1.50 bits per heavy atom. The molecule has 6 nitrogen and oxygen atoms in total. The molecular weight excluding hydrogens is 330 g/mol. The molecule has 0 aliphatic carbocycles. The Balaban J connectivity index is 1.60. The second kappa shape index (κ2) is 10.1. The minimum Gasteiger partial charge on any atom is -0.497 e. The minimum atomic E-state index is -0.0643. The first-order valence-corrected chi connectivity index (χ1v) is 8.67. The Labute approximate surface area is 153 Å². The number of carbonyl (C=O) groups is 2. The Morgan fingerprint density at radius 1 is 0.885 bits per heavy atom. The largest absolute Gasteiger partial charge is 0.497 e. The topological polar surface area (TPSA) is 93.4 Å². The highest BCUT2D eigenvalue weighted by molar-refractivity contribution is 5.93. The van der Waals surface area contributed by atoms with Crippen LogP contribution >= 0.6 is 0 Å². The molecule has 0 aliphatic rings. The molecule has 0 unspecified atom stereocenters. The third-order valence-corrected chi connectivity index (χ3v) is 3.92. The number of amides is 2. The van der Waals surface area contributed by atoms with Crippen LogP contribution < -0.4 is 21.1 Å². The van der Waals surface area contributed by atoms with E-state index in [2.05, 4.69) is 10.6 Å². The van der Waals surface area contributed by atoms with Crippen molar-refractivity contribution in [1.29, 1.82) is 0 Å². The summed E-state index contributed by atoms with van der Waals surface area (Å²) in [6.07, 6.45) is 3.12. The third kappa shape index (κ3) is 6.47. The average molecular weight is 355 g/mol. The monoisotopic (exact) mass is 355 g/mol. The van der Waals surface area contributed by atoms with Crippen molar-refractivity contribution in [3.05, 3.63) is 48.5 Å². The Hall–Kier alpha value is -3.02. The molecule has 0 atom stereocenters. The van der Waals surface area contributed by atoms with Crippen molar-refractivity contribution in [2.45, 2.75) is 32.1 Å². The molecule has 0 saturated heterocycles. The molecule has 26 heavy (non-hydrogen) atoms. The number of anilines is 3. The number of benzene rings is 2. The molecule has 0 heterocycles. The van der Waals surface area contributed by atoms with Gasteiger partial charge in [0.1, 0.15) is 5.75 Å². The van der Waals surface area contributed by atoms with Crippen molar-refractivity contribution < 1.29 is 14.3 Å². The molecule has 0 spiro atoms. The molecule has 2 rings (SSSR count). The Morgan fingerprint density at radius 3 is 2.12 bits per heavy atom. The van der Waals surface area contributed by atoms with Gasteiger partial charge in [-0.15, -0.1) is 0 Å². The SMILES string of the molecule is COc1ccc(NC(=O)CCCCCC(=O)Nc2ccccc2N)cc1. The normalized spacial score (nSPS) is 10.2. The summed E-state index contributed by atoms with van der Waals surface area (Å²) in [5, 5.41) is 5.64. The van der Waals surface area contributed by atoms with Crippen LogP contribution in [0.3, 0.4) is 0 Å². The molecule has 0 aromatic heterocycles. The fourth-order valence-corrected chi connectivity index (χ4v) is 2.47. The lowest BCUT2D eigenvalue weighted by Gasteiger charge is -2.08. The van der Waals surface area contributed by atoms with Crippen LogP contribution in [0.15, 0.2) is 48.5 Å². The summed E-state index contributed by atoms with van der Waals surface area (Å²) in [7, 11) is 1.60. The van der Waals surface area contributed by atoms with Crippen molar-refractivity contribution in [2.24, 2.45) is 0 Å². The maximum Gasteiger partial charge on any atom is 0.224 e. The van der Waals surface area contributed by atoms with Gasteiger partial charge < -0.3 is 21.1 Å². The number of methoxy groups -OCH3 is 1. The van der Waals surface area contributed by atoms with Gasteiger partial charge in [-0.1, -0.05) is 18.6 Å². The fraction of sp³-hybridized carbons (Fsp3) is 0.300. The zero-order valence-electron chi connectivity index (χ0n) is 15.0. The number of para-hydroxylation sites is 2. The lowest BCUT2D eigenvalue weighted by molar-refractivity contribution is -0.116. The lowest BCUT2D eigenvalue weighted by Crippen LogP contribution is -2.13. The predicted molar refractivity (Wildman–Crippen MR) is 104 cm³/mol. The molecule has 0 bridgehead atoms. The molecule has 2 aromatic carbocycles. The highest BCUT2D eigenvalue weighted by Gasteiger charge is 2.06. The quantitative estimate of drug-likeness (QED) is 0.471. The molecular formula is C20H25N3O3. The molecule has 0 fully saturated rings. The van der Waals surface area contributed by atoms with E-state index in [0.29, 0.717) is 24.2 Å². The number of carbonyl (C=O) groups excluding carboxylic acids is 2. The number of hydrogen-bond donors (Lipinski definition) is 3. The van der Waals surface area contributed by atoms with Crippen LogP contribution in [0.2, 0.25) is 0 Å². The van der Waals surface area contributed by atoms with E-state index in [1.807, 2.05) is 12.1 Å². The highest BCUT2D eigenvalue weighted by atomic mass is 16.5. The summed E-state index contributed by atoms with van der Waals surface area (Å²) >= 11 is 0. The van der Waals surface area contributed by atoms with E-state index in [4.69, 9.17) is 10.5 Å². The van der Waals surface area contributed by atoms with E-state index in [1.54, 1.807) is 43.5 Å². The van der Waals surface area contributed by atoms with Crippen LogP contribution in [-0.2, 0) is 9.59 Å². The molecule has 0 saturated carbocycles. The van der Waals surface area contributed by atoms with Gasteiger partial charge in [0.2, 0.25) is 11.8 Å². The first-order valence-electron chi connectivity index (χ1n) is 8.67. The summed E-state index contributed by atoms with van der Waals surface area (Å²) in [4.78, 5) is 23.8. The summed E-state index contributed by atoms with van der Waals surface area (Å²) in [6, 6.07) is 14.4. The maximum absolute atomic E-state index is 11.9. The fourth-order valence-electron chi connectivity index (χ4n) is 2.47. The molecule has 2 amide bonds. The highest BCUT2D eigenvalue weighted by Crippen LogP contribution is 2.18. The zero-order chi connectivity index (χ0) is 18.8. The van der Waals surface area contributed by atoms with Crippen molar-refractivity contribution in [2.75, 3.05) is 23.5 Å². The van der Waals surface area contributed by atoms with Crippen LogP contribution in [0.5, 0.6) is 5.75 Å². The van der Waals surface area contributed by atoms with E-state index in [0.717, 1.165) is 30.7 Å². The molecule has 0 radical (unpaired) electrons. The first-order chi connectivity index (χ1) is 12.6. The summed E-state index contributed by atoms with van der Waals surface area (Å²) in [5.41, 5.74) is 7.73. The average Bonchev–Trinajstić information content (AvgIpc) is 2.64. The van der Waals surface area contributed by atoms with Crippen LogP contribution in [-0.4, -0.2) is 18.9 Å². The summed E-state index contributed by atoms with van der Waals surface area (Å²) in [6.45, 7) is 0. The smallest absolute Gasteiger partial charge is 0.224 e. The van der Waals surface area contributed by atoms with Crippen molar-refractivity contribution in [3.63, 3.8) is 0 Å². The second-order valence-corrected chi connectivity index (χ2v) is 5.97. The van der Waals surface area contributed by atoms with Crippen LogP contribution in [0.4, 0.5) is 17.1 Å². The Kier molecular flexibility index (Phi) is 7.49. The van der Waals surface area contributed by atoms with Crippen LogP contribution in [0.25, 0.3) is 0 Å². The van der Waals surface area contributed by atoms with E-state index in [1.165, 1.54) is 0 Å². The number of nitrogens with one attached hydrogen (secondary N) is 2. The van der Waals surface area contributed by atoms with Gasteiger partial charge in [0, 0.05) is 18.5 Å². The summed E-state index contributed by atoms with van der Waals surface area (Å²) < 4.78 is 5.08. The third-order valence-electron chi connectivity index (χ3n) is 3.92. The van der Waals surface area contributed by atoms with Gasteiger partial charge in [-0.05, 0) is 49.2 Å². The standard InChI is InChI=1S/C20H25N3O3/c1-26-16-13-11-15(12-14-16)22-19(24)9-3-2-4-10-20(25)23-18-8-6-5-7-17(18)21/h5-8,11-14H,2-4,9-10,21H2,1H3,(H,22,24)(H,23,25). The lowest BCUT2D eigenvalue weighted by atomic mass is 10.1. The maximum atomic E-state index is 11.9. The predicted octanol–water partition coefficient (Wildman–Crippen LogP) is 3.81. The van der Waals surface area contributed by atoms with E-state index < -0.39 is 0 Å². The van der Waals surface area contributed by atoms with Crippen LogP contribution in [0.1, 0.15) is 32.1 Å². The van der Waals surface area contributed by atoms with E-state index in [9.17, 15) is 9.59 Å². The molecule has 4 N–H and O–H groups in total. The van der Waals surface area contributed by atoms with Gasteiger partial charge >= 0.3 is 0 Å². The molecule has 2 aromatic rings. The number of unbranched alkanes of at least 4 members (excludes halogenated alkanes) is 2.